The van der Waals surface area contributed by atoms with Crippen LogP contribution in [0.3, 0.4) is 0 Å². The topological polar surface area (TPSA) is 44.8 Å². The van der Waals surface area contributed by atoms with Crippen LogP contribution in [-0.2, 0) is 25.3 Å². The predicted octanol–water partition coefficient (Wildman–Crippen LogP) is 5.70. The first-order chi connectivity index (χ1) is 17.8. The Hall–Kier alpha value is -2.83. The molecule has 0 bridgehead atoms. The fraction of sp³-hybridized carbons (Fsp3) is 0.344. The van der Waals surface area contributed by atoms with E-state index in [4.69, 9.17) is 13.9 Å². The number of hydrogen-bond donors (Lipinski definition) is 0. The lowest BCUT2D eigenvalue weighted by Gasteiger charge is -2.43. The summed E-state index contributed by atoms with van der Waals surface area (Å²) in [4.78, 5) is 11.3. The van der Waals surface area contributed by atoms with E-state index in [2.05, 4.69) is 81.4 Å². The van der Waals surface area contributed by atoms with Crippen LogP contribution in [0.4, 0.5) is 0 Å². The zero-order valence-electron chi connectivity index (χ0n) is 22.7. The molecule has 0 aliphatic heterocycles. The third kappa shape index (κ3) is 7.36. The fourth-order valence-corrected chi connectivity index (χ4v) is 9.41. The Morgan fingerprint density at radius 2 is 1.38 bits per heavy atom. The van der Waals surface area contributed by atoms with Gasteiger partial charge in [-0.05, 0) is 46.0 Å². The summed E-state index contributed by atoms with van der Waals surface area (Å²) in [5.41, 5.74) is 1.71. The van der Waals surface area contributed by atoms with E-state index in [0.717, 1.165) is 11.8 Å². The van der Waals surface area contributed by atoms with Gasteiger partial charge in [0.25, 0.3) is 8.32 Å². The second kappa shape index (κ2) is 13.6. The first-order valence-electron chi connectivity index (χ1n) is 12.9. The molecule has 0 aromatic heterocycles. The van der Waals surface area contributed by atoms with Crippen LogP contribution in [0, 0.1) is 0 Å². The van der Waals surface area contributed by atoms with Crippen LogP contribution in [0.5, 0.6) is 0 Å². The molecule has 5 heteroatoms. The molecule has 3 aromatic carbocycles. The van der Waals surface area contributed by atoms with Crippen LogP contribution in [0.15, 0.2) is 103 Å². The first-order valence-corrected chi connectivity index (χ1v) is 14.8. The highest BCUT2D eigenvalue weighted by atomic mass is 28.4. The number of allylic oxidation sites excluding steroid dienone is 1. The molecule has 0 heterocycles. The molecule has 0 radical (unpaired) electrons. The van der Waals surface area contributed by atoms with E-state index >= 15 is 0 Å². The number of ether oxygens (including phenoxy) is 2. The quantitative estimate of drug-likeness (QED) is 0.166. The highest BCUT2D eigenvalue weighted by molar-refractivity contribution is 6.99. The van der Waals surface area contributed by atoms with Crippen molar-refractivity contribution in [2.45, 2.75) is 58.0 Å². The predicted molar refractivity (Wildman–Crippen MR) is 154 cm³/mol. The second-order valence-corrected chi connectivity index (χ2v) is 14.7. The Morgan fingerprint density at radius 3 is 1.84 bits per heavy atom. The molecule has 37 heavy (non-hydrogen) atoms. The summed E-state index contributed by atoms with van der Waals surface area (Å²) in [5.74, 6) is 0. The summed E-state index contributed by atoms with van der Waals surface area (Å²) in [6.45, 7) is 9.56. The van der Waals surface area contributed by atoms with Crippen molar-refractivity contribution in [3.05, 3.63) is 108 Å². The lowest BCUT2D eigenvalue weighted by Crippen LogP contribution is -2.66. The van der Waals surface area contributed by atoms with Gasteiger partial charge in [0.2, 0.25) is 0 Å². The maximum Gasteiger partial charge on any atom is 0.261 e. The van der Waals surface area contributed by atoms with Crippen molar-refractivity contribution in [1.29, 1.82) is 0 Å². The molecule has 0 spiro atoms. The Bertz CT molecular complexity index is 1070. The maximum absolute atomic E-state index is 11.3. The molecule has 0 unspecified atom stereocenters. The number of carbonyl (C=O) groups excluding carboxylic acids is 1. The number of methoxy groups -OCH3 is 1. The van der Waals surface area contributed by atoms with E-state index in [1.165, 1.54) is 10.4 Å². The SMILES string of the molecule is CO[C@@H](/C=C(\C)C=O)[C@@H](CCO[Si](c1ccccc1)(c1ccccc1)C(C)(C)C)OCc1ccccc1. The van der Waals surface area contributed by atoms with Crippen LogP contribution in [-0.4, -0.2) is 40.5 Å². The maximum atomic E-state index is 11.3. The number of rotatable bonds is 13. The molecule has 0 aliphatic carbocycles. The molecule has 3 rings (SSSR count). The molecule has 0 fully saturated rings. The lowest BCUT2D eigenvalue weighted by molar-refractivity contribution is -0.105. The molecular formula is C32H40O4Si. The summed E-state index contributed by atoms with van der Waals surface area (Å²) in [5, 5.41) is 2.39. The van der Waals surface area contributed by atoms with Gasteiger partial charge in [-0.2, -0.15) is 0 Å². The van der Waals surface area contributed by atoms with Crippen molar-refractivity contribution in [2.24, 2.45) is 0 Å². The normalized spacial score (nSPS) is 14.2. The van der Waals surface area contributed by atoms with Gasteiger partial charge >= 0.3 is 0 Å². The van der Waals surface area contributed by atoms with E-state index < -0.39 is 8.32 Å². The van der Waals surface area contributed by atoms with Gasteiger partial charge in [0.15, 0.2) is 0 Å². The van der Waals surface area contributed by atoms with Gasteiger partial charge in [0.05, 0.1) is 12.7 Å². The summed E-state index contributed by atoms with van der Waals surface area (Å²) in [6.07, 6.45) is 2.67. The highest BCUT2D eigenvalue weighted by Gasteiger charge is 2.50. The molecule has 2 atom stereocenters. The summed E-state index contributed by atoms with van der Waals surface area (Å²) in [7, 11) is -1.00. The zero-order valence-corrected chi connectivity index (χ0v) is 23.7. The lowest BCUT2D eigenvalue weighted by atomic mass is 10.1. The third-order valence-corrected chi connectivity index (χ3v) is 11.7. The average Bonchev–Trinajstić information content (AvgIpc) is 2.92. The van der Waals surface area contributed by atoms with Crippen molar-refractivity contribution < 1.29 is 18.7 Å². The Balaban J connectivity index is 1.91. The molecule has 4 nitrogen and oxygen atoms in total. The highest BCUT2D eigenvalue weighted by Crippen LogP contribution is 2.37. The number of carbonyl (C=O) groups is 1. The van der Waals surface area contributed by atoms with Crippen molar-refractivity contribution in [3.8, 4) is 0 Å². The monoisotopic (exact) mass is 516 g/mol. The average molecular weight is 517 g/mol. The van der Waals surface area contributed by atoms with Gasteiger partial charge in [0.1, 0.15) is 12.4 Å². The summed E-state index contributed by atoms with van der Waals surface area (Å²) < 4.78 is 19.3. The molecule has 0 aliphatic rings. The minimum absolute atomic E-state index is 0.106. The molecule has 0 N–H and O–H groups in total. The zero-order chi connectivity index (χ0) is 26.7. The number of aldehydes is 1. The number of hydrogen-bond acceptors (Lipinski definition) is 4. The molecule has 0 saturated carbocycles. The first kappa shape index (κ1) is 28.7. The van der Waals surface area contributed by atoms with Crippen molar-refractivity contribution >= 4 is 25.0 Å². The molecule has 0 saturated heterocycles. The third-order valence-electron chi connectivity index (χ3n) is 6.70. The van der Waals surface area contributed by atoms with Gasteiger partial charge in [-0.25, -0.2) is 0 Å². The van der Waals surface area contributed by atoms with Crippen LogP contribution in [0.1, 0.15) is 39.7 Å². The van der Waals surface area contributed by atoms with Gasteiger partial charge in [0, 0.05) is 13.7 Å². The van der Waals surface area contributed by atoms with E-state index in [-0.39, 0.29) is 17.2 Å². The van der Waals surface area contributed by atoms with Crippen molar-refractivity contribution in [2.75, 3.05) is 13.7 Å². The largest absolute Gasteiger partial charge is 0.407 e. The Kier molecular flexibility index (Phi) is 10.6. The van der Waals surface area contributed by atoms with Crippen molar-refractivity contribution in [3.63, 3.8) is 0 Å². The van der Waals surface area contributed by atoms with Crippen molar-refractivity contribution in [1.82, 2.24) is 0 Å². The standard InChI is InChI=1S/C32H40O4Si/c1-26(24-33)23-31(34-5)30(35-25-27-15-9-6-10-16-27)21-22-36-37(32(2,3)4,28-17-11-7-12-18-28)29-19-13-8-14-20-29/h6-20,23-24,30-31H,21-22,25H2,1-5H3/b26-23+/t30-,31+/m1/s1. The number of benzene rings is 3. The van der Waals surface area contributed by atoms with E-state index in [9.17, 15) is 4.79 Å². The van der Waals surface area contributed by atoms with Crippen LogP contribution in [0.25, 0.3) is 0 Å². The summed E-state index contributed by atoms with van der Waals surface area (Å²) in [6, 6.07) is 31.3. The molecule has 196 valence electrons. The Labute approximate surface area is 223 Å². The Morgan fingerprint density at radius 1 is 0.865 bits per heavy atom. The van der Waals surface area contributed by atoms with E-state index in [1.54, 1.807) is 14.0 Å². The van der Waals surface area contributed by atoms with E-state index in [0.29, 0.717) is 25.2 Å². The van der Waals surface area contributed by atoms with Gasteiger partial charge < -0.3 is 13.9 Å². The molecule has 3 aromatic rings. The minimum Gasteiger partial charge on any atom is -0.407 e. The minimum atomic E-state index is -2.65. The summed E-state index contributed by atoms with van der Waals surface area (Å²) >= 11 is 0. The van der Waals surface area contributed by atoms with Gasteiger partial charge in [-0.3, -0.25) is 4.79 Å². The smallest absolute Gasteiger partial charge is 0.261 e. The van der Waals surface area contributed by atoms with Crippen LogP contribution < -0.4 is 10.4 Å². The van der Waals surface area contributed by atoms with Crippen LogP contribution in [0.2, 0.25) is 5.04 Å². The molecule has 0 amide bonds. The van der Waals surface area contributed by atoms with Gasteiger partial charge in [-0.1, -0.05) is 112 Å². The van der Waals surface area contributed by atoms with E-state index in [1.807, 2.05) is 36.4 Å². The molecular weight excluding hydrogens is 476 g/mol. The van der Waals surface area contributed by atoms with Crippen LogP contribution >= 0.6 is 0 Å². The second-order valence-electron chi connectivity index (χ2n) is 10.4. The fourth-order valence-electron chi connectivity index (χ4n) is 4.84. The van der Waals surface area contributed by atoms with Gasteiger partial charge in [-0.15, -0.1) is 0 Å².